The summed E-state index contributed by atoms with van der Waals surface area (Å²) < 4.78 is 23.2. The average molecular weight is 323 g/mol. The molecular weight excluding hydrogens is 302 g/mol. The molecule has 6 nitrogen and oxygen atoms in total. The molecule has 0 aromatic carbocycles. The largest absolute Gasteiger partial charge is 0.496 e. The van der Waals surface area contributed by atoms with E-state index in [-0.39, 0.29) is 11.0 Å². The second-order valence-electron chi connectivity index (χ2n) is 5.10. The highest BCUT2D eigenvalue weighted by molar-refractivity contribution is 7.83. The van der Waals surface area contributed by atoms with Gasteiger partial charge < -0.3 is 9.15 Å². The van der Waals surface area contributed by atoms with Crippen LogP contribution in [-0.4, -0.2) is 26.5 Å². The fourth-order valence-corrected chi connectivity index (χ4v) is 3.15. The van der Waals surface area contributed by atoms with E-state index in [0.717, 1.165) is 36.1 Å². The number of ether oxygens (including phenoxy) is 1. The monoisotopic (exact) mass is 323 g/mol. The van der Waals surface area contributed by atoms with E-state index in [9.17, 15) is 4.21 Å². The maximum absolute atomic E-state index is 12.4. The van der Waals surface area contributed by atoms with E-state index in [1.54, 1.807) is 13.3 Å². The molecule has 0 fully saturated rings. The van der Waals surface area contributed by atoms with Crippen molar-refractivity contribution in [2.75, 3.05) is 7.11 Å². The molecule has 0 spiro atoms. The number of unbranched alkanes of at least 4 members (excludes halogenated alkanes) is 1. The third-order valence-corrected chi connectivity index (χ3v) is 4.49. The maximum Gasteiger partial charge on any atom is 0.307 e. The Morgan fingerprint density at radius 3 is 2.77 bits per heavy atom. The zero-order chi connectivity index (χ0) is 16.1. The molecule has 1 atom stereocenters. The minimum absolute atomic E-state index is 0.159. The molecule has 0 aliphatic carbocycles. The van der Waals surface area contributed by atoms with E-state index in [2.05, 4.69) is 22.1 Å². The van der Waals surface area contributed by atoms with Crippen LogP contribution in [0.2, 0.25) is 0 Å². The zero-order valence-corrected chi connectivity index (χ0v) is 14.2. The van der Waals surface area contributed by atoms with Crippen molar-refractivity contribution >= 4 is 10.8 Å². The summed E-state index contributed by atoms with van der Waals surface area (Å²) in [5.74, 6) is 1.55. The highest BCUT2D eigenvalue weighted by atomic mass is 32.2. The lowest BCUT2D eigenvalue weighted by Crippen LogP contribution is -2.04. The van der Waals surface area contributed by atoms with E-state index in [1.807, 2.05) is 13.8 Å². The Hall–Kier alpha value is -1.76. The van der Waals surface area contributed by atoms with Gasteiger partial charge in [0.1, 0.15) is 16.5 Å². The Labute approximate surface area is 132 Å². The number of hydrogen-bond donors (Lipinski definition) is 0. The maximum atomic E-state index is 12.4. The quantitative estimate of drug-likeness (QED) is 0.779. The molecule has 0 bridgehead atoms. The van der Waals surface area contributed by atoms with Crippen LogP contribution in [0.15, 0.2) is 15.8 Å². The van der Waals surface area contributed by atoms with E-state index in [1.165, 1.54) is 0 Å². The van der Waals surface area contributed by atoms with E-state index in [0.29, 0.717) is 11.6 Å². The van der Waals surface area contributed by atoms with Crippen molar-refractivity contribution < 1.29 is 13.4 Å². The number of methoxy groups -OCH3 is 1. The van der Waals surface area contributed by atoms with Gasteiger partial charge in [0.25, 0.3) is 0 Å². The van der Waals surface area contributed by atoms with Gasteiger partial charge in [-0.25, -0.2) is 4.21 Å². The molecule has 0 saturated carbocycles. The summed E-state index contributed by atoms with van der Waals surface area (Å²) in [5, 5.41) is 7.97. The average Bonchev–Trinajstić information content (AvgIpc) is 2.97. The molecular formula is C15H21N3O3S. The zero-order valence-electron chi connectivity index (χ0n) is 13.4. The molecule has 0 saturated heterocycles. The smallest absolute Gasteiger partial charge is 0.307 e. The van der Waals surface area contributed by atoms with Crippen LogP contribution in [0.1, 0.15) is 42.5 Å². The summed E-state index contributed by atoms with van der Waals surface area (Å²) in [5.41, 5.74) is 2.56. The van der Waals surface area contributed by atoms with Crippen LogP contribution in [0, 0.1) is 13.8 Å². The van der Waals surface area contributed by atoms with Gasteiger partial charge >= 0.3 is 5.22 Å². The molecule has 22 heavy (non-hydrogen) atoms. The number of aromatic nitrogens is 3. The normalized spacial score (nSPS) is 12.4. The van der Waals surface area contributed by atoms with Crippen molar-refractivity contribution in [1.82, 2.24) is 15.2 Å². The number of pyridine rings is 1. The summed E-state index contributed by atoms with van der Waals surface area (Å²) in [7, 11) is 0.215. The van der Waals surface area contributed by atoms with Gasteiger partial charge in [-0.1, -0.05) is 18.4 Å². The van der Waals surface area contributed by atoms with E-state index in [4.69, 9.17) is 9.15 Å². The van der Waals surface area contributed by atoms with Gasteiger partial charge in [0.15, 0.2) is 0 Å². The lowest BCUT2D eigenvalue weighted by atomic mass is 10.1. The first-order valence-corrected chi connectivity index (χ1v) is 8.58. The van der Waals surface area contributed by atoms with Crippen molar-refractivity contribution in [2.24, 2.45) is 0 Å². The van der Waals surface area contributed by atoms with Gasteiger partial charge in [0.2, 0.25) is 5.89 Å². The lowest BCUT2D eigenvalue weighted by Gasteiger charge is -2.11. The summed E-state index contributed by atoms with van der Waals surface area (Å²) in [6.45, 7) is 5.93. The summed E-state index contributed by atoms with van der Waals surface area (Å²) in [4.78, 5) is 4.35. The molecule has 0 N–H and O–H groups in total. The molecule has 0 aliphatic rings. The van der Waals surface area contributed by atoms with Crippen LogP contribution >= 0.6 is 0 Å². The van der Waals surface area contributed by atoms with Crippen molar-refractivity contribution in [2.45, 2.75) is 51.0 Å². The molecule has 1 unspecified atom stereocenters. The summed E-state index contributed by atoms with van der Waals surface area (Å²) >= 11 is 0. The van der Waals surface area contributed by atoms with E-state index < -0.39 is 10.8 Å². The topological polar surface area (TPSA) is 78.1 Å². The highest BCUT2D eigenvalue weighted by Crippen LogP contribution is 2.25. The third-order valence-electron chi connectivity index (χ3n) is 3.40. The predicted molar refractivity (Wildman–Crippen MR) is 83.3 cm³/mol. The predicted octanol–water partition coefficient (Wildman–Crippen LogP) is 2.74. The molecule has 0 amide bonds. The SMILES string of the molecule is CCCCc1nnc(S(=O)Cc2ncc(C)c(OC)c2C)o1. The molecule has 0 aliphatic heterocycles. The van der Waals surface area contributed by atoms with Gasteiger partial charge in [0.05, 0.1) is 18.6 Å². The number of nitrogens with zero attached hydrogens (tertiary/aromatic N) is 3. The van der Waals surface area contributed by atoms with Gasteiger partial charge in [-0.05, 0) is 20.3 Å². The molecule has 2 rings (SSSR count). The van der Waals surface area contributed by atoms with Gasteiger partial charge in [-0.3, -0.25) is 4.98 Å². The Kier molecular flexibility index (Phi) is 5.65. The number of rotatable bonds is 7. The van der Waals surface area contributed by atoms with Crippen LogP contribution in [0.3, 0.4) is 0 Å². The van der Waals surface area contributed by atoms with Crippen molar-refractivity contribution in [3.63, 3.8) is 0 Å². The Balaban J connectivity index is 2.13. The van der Waals surface area contributed by atoms with Crippen molar-refractivity contribution in [1.29, 1.82) is 0 Å². The standard InChI is InChI=1S/C15H21N3O3S/c1-5-6-7-13-17-18-15(21-13)22(19)9-12-11(3)14(20-4)10(2)8-16-12/h8H,5-7,9H2,1-4H3. The highest BCUT2D eigenvalue weighted by Gasteiger charge is 2.17. The Morgan fingerprint density at radius 1 is 1.32 bits per heavy atom. The summed E-state index contributed by atoms with van der Waals surface area (Å²) in [6.07, 6.45) is 4.46. The fourth-order valence-electron chi connectivity index (χ4n) is 2.16. The molecule has 120 valence electrons. The number of hydrogen-bond acceptors (Lipinski definition) is 6. The minimum atomic E-state index is -1.40. The Morgan fingerprint density at radius 2 is 2.09 bits per heavy atom. The fraction of sp³-hybridized carbons (Fsp3) is 0.533. The number of aryl methyl sites for hydroxylation is 2. The third kappa shape index (κ3) is 3.71. The Bertz CT molecular complexity index is 670. The van der Waals surface area contributed by atoms with Crippen molar-refractivity contribution in [3.8, 4) is 5.75 Å². The summed E-state index contributed by atoms with van der Waals surface area (Å²) in [6, 6.07) is 0. The van der Waals surface area contributed by atoms with Crippen LogP contribution in [0.25, 0.3) is 0 Å². The van der Waals surface area contributed by atoms with Gasteiger partial charge in [0, 0.05) is 23.7 Å². The van der Waals surface area contributed by atoms with Crippen molar-refractivity contribution in [3.05, 3.63) is 28.9 Å². The minimum Gasteiger partial charge on any atom is -0.496 e. The van der Waals surface area contributed by atoms with Gasteiger partial charge in [-0.2, -0.15) is 0 Å². The van der Waals surface area contributed by atoms with Crippen LogP contribution in [-0.2, 0) is 23.0 Å². The van der Waals surface area contributed by atoms with Crippen LogP contribution in [0.5, 0.6) is 5.75 Å². The van der Waals surface area contributed by atoms with Crippen LogP contribution < -0.4 is 4.74 Å². The molecule has 7 heteroatoms. The molecule has 0 radical (unpaired) electrons. The van der Waals surface area contributed by atoms with Gasteiger partial charge in [-0.15, -0.1) is 5.10 Å². The molecule has 2 heterocycles. The second kappa shape index (κ2) is 7.49. The molecule has 2 aromatic rings. The first kappa shape index (κ1) is 16.6. The molecule has 2 aromatic heterocycles. The second-order valence-corrected chi connectivity index (χ2v) is 6.43. The van der Waals surface area contributed by atoms with Crippen LogP contribution in [0.4, 0.5) is 0 Å². The first-order chi connectivity index (χ1) is 10.6. The first-order valence-electron chi connectivity index (χ1n) is 7.26. The lowest BCUT2D eigenvalue weighted by molar-refractivity contribution is 0.401. The van der Waals surface area contributed by atoms with E-state index >= 15 is 0 Å².